The number of hydrogen-bond acceptors (Lipinski definition) is 3. The zero-order valence-electron chi connectivity index (χ0n) is 14.4. The molecule has 2 aromatic rings. The summed E-state index contributed by atoms with van der Waals surface area (Å²) in [7, 11) is 0. The summed E-state index contributed by atoms with van der Waals surface area (Å²) < 4.78 is 41.1. The fourth-order valence-electron chi connectivity index (χ4n) is 2.55. The van der Waals surface area contributed by atoms with Crippen molar-refractivity contribution in [3.8, 4) is 0 Å². The molecule has 0 heterocycles. The third-order valence-electron chi connectivity index (χ3n) is 4.02. The molecular formula is C18H13Cl3F3NO4. The smallest absolute Gasteiger partial charge is 0.421 e. The van der Waals surface area contributed by atoms with Crippen LogP contribution in [0.4, 0.5) is 18.0 Å². The number of hydrogen-bond donors (Lipinski definition) is 3. The predicted molar refractivity (Wildman–Crippen MR) is 102 cm³/mol. The molecule has 0 fully saturated rings. The zero-order valence-corrected chi connectivity index (χ0v) is 16.6. The number of carbonyl (C=O) groups is 2. The van der Waals surface area contributed by atoms with Gasteiger partial charge in [0.15, 0.2) is 11.4 Å². The monoisotopic (exact) mass is 469 g/mol. The van der Waals surface area contributed by atoms with Gasteiger partial charge in [0.25, 0.3) is 0 Å². The van der Waals surface area contributed by atoms with Crippen LogP contribution >= 0.6 is 34.8 Å². The molecule has 3 N–H and O–H groups in total. The Morgan fingerprint density at radius 3 is 2.10 bits per heavy atom. The first-order valence-electron chi connectivity index (χ1n) is 7.87. The Bertz CT molecular complexity index is 932. The van der Waals surface area contributed by atoms with Crippen molar-refractivity contribution in [3.05, 3.63) is 68.2 Å². The first kappa shape index (κ1) is 23.3. The normalized spacial score (nSPS) is 13.6. The van der Waals surface area contributed by atoms with Gasteiger partial charge in [0.2, 0.25) is 0 Å². The molecule has 0 radical (unpaired) electrons. The molecule has 11 heteroatoms. The van der Waals surface area contributed by atoms with Gasteiger partial charge in [-0.1, -0.05) is 34.8 Å². The molecule has 0 aliphatic rings. The van der Waals surface area contributed by atoms with Gasteiger partial charge in [-0.3, -0.25) is 4.79 Å². The summed E-state index contributed by atoms with van der Waals surface area (Å²) in [4.78, 5) is 23.2. The second kappa shape index (κ2) is 8.79. The van der Waals surface area contributed by atoms with E-state index in [-0.39, 0.29) is 32.7 Å². The van der Waals surface area contributed by atoms with Crippen LogP contribution in [0.1, 0.15) is 27.9 Å². The number of Topliss-reactive ketones (excluding diaryl/α,β-unsaturated/α-hetero) is 1. The Balaban J connectivity index is 2.41. The Morgan fingerprint density at radius 1 is 1.00 bits per heavy atom. The van der Waals surface area contributed by atoms with Crippen molar-refractivity contribution in [1.29, 1.82) is 0 Å². The van der Waals surface area contributed by atoms with E-state index in [2.05, 4.69) is 0 Å². The Hall–Kier alpha value is -2.00. The Kier molecular flexibility index (Phi) is 7.06. The van der Waals surface area contributed by atoms with Crippen LogP contribution in [0.25, 0.3) is 0 Å². The van der Waals surface area contributed by atoms with Gasteiger partial charge in [-0.05, 0) is 47.5 Å². The van der Waals surface area contributed by atoms with Crippen molar-refractivity contribution in [3.63, 3.8) is 0 Å². The van der Waals surface area contributed by atoms with Gasteiger partial charge >= 0.3 is 12.3 Å². The molecule has 156 valence electrons. The fourth-order valence-corrected chi connectivity index (χ4v) is 3.26. The van der Waals surface area contributed by atoms with Crippen LogP contribution in [0, 0.1) is 0 Å². The topological polar surface area (TPSA) is 86.6 Å². The SMILES string of the molecule is O=C(O)NCc1cc(C(=O)CC(O)(c2cc(Cl)cc(Cl)c2)C(F)(F)F)ccc1Cl. The van der Waals surface area contributed by atoms with Gasteiger partial charge in [0, 0.05) is 27.2 Å². The van der Waals surface area contributed by atoms with E-state index in [9.17, 15) is 27.9 Å². The quantitative estimate of drug-likeness (QED) is 0.491. The highest BCUT2D eigenvalue weighted by Crippen LogP contribution is 2.43. The fraction of sp³-hybridized carbons (Fsp3) is 0.222. The lowest BCUT2D eigenvalue weighted by atomic mass is 9.86. The van der Waals surface area contributed by atoms with E-state index in [1.807, 2.05) is 5.32 Å². The van der Waals surface area contributed by atoms with Crippen LogP contribution in [-0.2, 0) is 12.1 Å². The molecule has 1 atom stereocenters. The van der Waals surface area contributed by atoms with Crippen LogP contribution in [0.3, 0.4) is 0 Å². The predicted octanol–water partition coefficient (Wildman–Crippen LogP) is 5.44. The first-order chi connectivity index (χ1) is 13.3. The van der Waals surface area contributed by atoms with E-state index < -0.39 is 35.6 Å². The van der Waals surface area contributed by atoms with E-state index in [1.165, 1.54) is 18.2 Å². The molecule has 0 aliphatic heterocycles. The summed E-state index contributed by atoms with van der Waals surface area (Å²) in [6.45, 7) is -0.261. The third kappa shape index (κ3) is 5.54. The van der Waals surface area contributed by atoms with Crippen molar-refractivity contribution in [2.24, 2.45) is 0 Å². The second-order valence-electron chi connectivity index (χ2n) is 6.08. The maximum absolute atomic E-state index is 13.7. The highest BCUT2D eigenvalue weighted by molar-refractivity contribution is 6.34. The molecule has 2 aromatic carbocycles. The number of ketones is 1. The van der Waals surface area contributed by atoms with Gasteiger partial charge in [-0.2, -0.15) is 13.2 Å². The standard InChI is InChI=1S/C18H13Cl3F3NO4/c19-12-4-11(5-13(20)6-12)17(29,18(22,23)24)7-15(26)9-1-2-14(21)10(3-9)8-25-16(27)28/h1-6,25,29H,7-8H2,(H,27,28). The van der Waals surface area contributed by atoms with E-state index in [1.54, 1.807) is 0 Å². The number of nitrogens with one attached hydrogen (secondary N) is 1. The molecule has 29 heavy (non-hydrogen) atoms. The van der Waals surface area contributed by atoms with Crippen molar-refractivity contribution < 1.29 is 33.0 Å². The van der Waals surface area contributed by atoms with Crippen LogP contribution in [0.2, 0.25) is 15.1 Å². The highest BCUT2D eigenvalue weighted by atomic mass is 35.5. The Labute approximate surface area is 178 Å². The van der Waals surface area contributed by atoms with Gasteiger partial charge in [0.05, 0.1) is 6.42 Å². The van der Waals surface area contributed by atoms with Crippen molar-refractivity contribution in [2.45, 2.75) is 24.7 Å². The second-order valence-corrected chi connectivity index (χ2v) is 7.36. The number of carboxylic acid groups (broad SMARTS) is 1. The molecule has 0 aromatic heterocycles. The molecule has 1 amide bonds. The van der Waals surface area contributed by atoms with Crippen molar-refractivity contribution >= 4 is 46.7 Å². The number of amides is 1. The number of halogens is 6. The third-order valence-corrected chi connectivity index (χ3v) is 4.83. The van der Waals surface area contributed by atoms with Crippen LogP contribution in [0.15, 0.2) is 36.4 Å². The summed E-state index contributed by atoms with van der Waals surface area (Å²) in [5.41, 5.74) is -4.23. The van der Waals surface area contributed by atoms with Crippen molar-refractivity contribution in [2.75, 3.05) is 0 Å². The van der Waals surface area contributed by atoms with Gasteiger partial charge in [-0.15, -0.1) is 0 Å². The minimum atomic E-state index is -5.21. The molecule has 0 spiro atoms. The average Bonchev–Trinajstić information content (AvgIpc) is 2.58. The molecule has 0 saturated carbocycles. The molecule has 1 unspecified atom stereocenters. The number of alkyl halides is 3. The van der Waals surface area contributed by atoms with E-state index >= 15 is 0 Å². The summed E-state index contributed by atoms with van der Waals surface area (Å²) >= 11 is 17.4. The van der Waals surface area contributed by atoms with Gasteiger partial charge in [-0.25, -0.2) is 4.79 Å². The lowest BCUT2D eigenvalue weighted by Gasteiger charge is -2.30. The Morgan fingerprint density at radius 2 is 1.59 bits per heavy atom. The molecular weight excluding hydrogens is 458 g/mol. The van der Waals surface area contributed by atoms with E-state index in [0.717, 1.165) is 18.2 Å². The molecule has 2 rings (SSSR count). The zero-order chi connectivity index (χ0) is 22.0. The average molecular weight is 471 g/mol. The number of carbonyl (C=O) groups excluding carboxylic acids is 1. The van der Waals surface area contributed by atoms with E-state index in [4.69, 9.17) is 39.9 Å². The molecule has 0 bridgehead atoms. The van der Waals surface area contributed by atoms with Gasteiger partial charge in [0.1, 0.15) is 0 Å². The molecule has 0 aliphatic carbocycles. The number of aliphatic hydroxyl groups is 1. The number of rotatable bonds is 6. The minimum absolute atomic E-state index is 0.114. The highest BCUT2D eigenvalue weighted by Gasteiger charge is 2.56. The summed E-state index contributed by atoms with van der Waals surface area (Å²) in [5, 5.41) is 20.9. The van der Waals surface area contributed by atoms with Gasteiger partial charge < -0.3 is 15.5 Å². The van der Waals surface area contributed by atoms with Crippen LogP contribution in [0.5, 0.6) is 0 Å². The molecule has 5 nitrogen and oxygen atoms in total. The van der Waals surface area contributed by atoms with Crippen molar-refractivity contribution in [1.82, 2.24) is 5.32 Å². The number of benzene rings is 2. The van der Waals surface area contributed by atoms with Crippen LogP contribution in [-0.4, -0.2) is 28.3 Å². The lowest BCUT2D eigenvalue weighted by Crippen LogP contribution is -2.44. The largest absolute Gasteiger partial charge is 0.465 e. The maximum Gasteiger partial charge on any atom is 0.421 e. The minimum Gasteiger partial charge on any atom is -0.465 e. The van der Waals surface area contributed by atoms with Crippen LogP contribution < -0.4 is 5.32 Å². The maximum atomic E-state index is 13.7. The summed E-state index contributed by atoms with van der Waals surface area (Å²) in [6.07, 6.45) is -7.90. The molecule has 0 saturated heterocycles. The summed E-state index contributed by atoms with van der Waals surface area (Å²) in [6, 6.07) is 6.51. The lowest BCUT2D eigenvalue weighted by molar-refractivity contribution is -0.264. The first-order valence-corrected chi connectivity index (χ1v) is 9.01. The van der Waals surface area contributed by atoms with E-state index in [0.29, 0.717) is 0 Å². The summed E-state index contributed by atoms with van der Waals surface area (Å²) in [5.74, 6) is -1.05.